The fraction of sp³-hybridized carbons (Fsp3) is 0.100. The molecule has 4 heteroatoms. The second-order valence-corrected chi connectivity index (χ2v) is 3.29. The van der Waals surface area contributed by atoms with Gasteiger partial charge in [0.2, 0.25) is 0 Å². The Labute approximate surface area is 80.2 Å². The second kappa shape index (κ2) is 2.51. The molecule has 2 heterocycles. The number of hydrogen-bond acceptors (Lipinski definition) is 3. The number of benzene rings is 1. The monoisotopic (exact) mass is 184 g/mol. The van der Waals surface area contributed by atoms with Crippen LogP contribution >= 0.6 is 0 Å². The molecule has 0 N–H and O–H groups in total. The number of tetrazole rings is 1. The third-order valence-electron chi connectivity index (χ3n) is 2.40. The van der Waals surface area contributed by atoms with E-state index in [9.17, 15) is 0 Å². The first-order valence-corrected chi connectivity index (χ1v) is 4.43. The molecule has 0 unspecified atom stereocenters. The van der Waals surface area contributed by atoms with Crippen LogP contribution in [0.5, 0.6) is 0 Å². The number of hydrogen-bond donors (Lipinski definition) is 0. The van der Waals surface area contributed by atoms with Crippen molar-refractivity contribution < 1.29 is 0 Å². The van der Waals surface area contributed by atoms with Crippen molar-refractivity contribution in [2.75, 3.05) is 0 Å². The average Bonchev–Trinajstić information content (AvgIpc) is 2.66. The van der Waals surface area contributed by atoms with Crippen LogP contribution in [-0.4, -0.2) is 20.0 Å². The van der Waals surface area contributed by atoms with Gasteiger partial charge in [0.1, 0.15) is 0 Å². The van der Waals surface area contributed by atoms with Gasteiger partial charge in [-0.25, -0.2) is 0 Å². The maximum atomic E-state index is 3.94. The van der Waals surface area contributed by atoms with Crippen molar-refractivity contribution in [3.8, 4) is 0 Å². The number of fused-ring (bicyclic) bond motifs is 3. The van der Waals surface area contributed by atoms with E-state index in [0.717, 1.165) is 11.2 Å². The summed E-state index contributed by atoms with van der Waals surface area (Å²) < 4.78 is 1.75. The smallest absolute Gasteiger partial charge is 0.180 e. The fourth-order valence-electron chi connectivity index (χ4n) is 1.72. The van der Waals surface area contributed by atoms with Crippen LogP contribution in [-0.2, 0) is 0 Å². The Balaban J connectivity index is 2.67. The maximum Gasteiger partial charge on any atom is 0.180 e. The zero-order valence-corrected chi connectivity index (χ0v) is 7.68. The van der Waals surface area contributed by atoms with Crippen molar-refractivity contribution in [2.45, 2.75) is 6.92 Å². The first kappa shape index (κ1) is 7.44. The Kier molecular flexibility index (Phi) is 1.33. The number of rotatable bonds is 0. The number of nitrogens with zero attached hydrogens (tertiary/aromatic N) is 4. The molecule has 0 saturated carbocycles. The topological polar surface area (TPSA) is 43.1 Å². The van der Waals surface area contributed by atoms with Gasteiger partial charge in [0.05, 0.1) is 5.52 Å². The molecule has 4 nitrogen and oxygen atoms in total. The number of aromatic nitrogens is 4. The highest BCUT2D eigenvalue weighted by Gasteiger charge is 2.04. The summed E-state index contributed by atoms with van der Waals surface area (Å²) in [5.41, 5.74) is 3.04. The van der Waals surface area contributed by atoms with Crippen LogP contribution in [0.1, 0.15) is 5.56 Å². The van der Waals surface area contributed by atoms with E-state index in [1.807, 2.05) is 24.3 Å². The van der Waals surface area contributed by atoms with E-state index >= 15 is 0 Å². The van der Waals surface area contributed by atoms with Crippen molar-refractivity contribution in [1.29, 1.82) is 0 Å². The Bertz CT molecular complexity index is 612. The summed E-state index contributed by atoms with van der Waals surface area (Å²) in [6.07, 6.45) is 0. The summed E-state index contributed by atoms with van der Waals surface area (Å²) in [6.45, 7) is 2.07. The predicted octanol–water partition coefficient (Wildman–Crippen LogP) is 1.59. The number of para-hydroxylation sites is 1. The van der Waals surface area contributed by atoms with Gasteiger partial charge in [-0.1, -0.05) is 18.2 Å². The lowest BCUT2D eigenvalue weighted by molar-refractivity contribution is 0.841. The van der Waals surface area contributed by atoms with Gasteiger partial charge in [-0.3, -0.25) is 0 Å². The molecule has 0 bridgehead atoms. The summed E-state index contributed by atoms with van der Waals surface area (Å²) >= 11 is 0. The minimum absolute atomic E-state index is 0.793. The molecule has 3 rings (SSSR count). The molecule has 0 aliphatic heterocycles. The molecule has 0 radical (unpaired) electrons. The molecular weight excluding hydrogens is 176 g/mol. The highest BCUT2D eigenvalue weighted by atomic mass is 15.5. The molecule has 0 saturated heterocycles. The minimum Gasteiger partial charge on any atom is -0.193 e. The van der Waals surface area contributed by atoms with E-state index in [4.69, 9.17) is 0 Å². The Morgan fingerprint density at radius 1 is 1.21 bits per heavy atom. The average molecular weight is 184 g/mol. The van der Waals surface area contributed by atoms with Crippen molar-refractivity contribution in [1.82, 2.24) is 20.0 Å². The summed E-state index contributed by atoms with van der Waals surface area (Å²) in [4.78, 5) is 0. The molecule has 2 aromatic heterocycles. The molecule has 0 fully saturated rings. The molecule has 0 amide bonds. The van der Waals surface area contributed by atoms with Gasteiger partial charge in [0.25, 0.3) is 0 Å². The second-order valence-electron chi connectivity index (χ2n) is 3.29. The highest BCUT2D eigenvalue weighted by molar-refractivity contribution is 5.84. The first-order valence-electron chi connectivity index (χ1n) is 4.43. The van der Waals surface area contributed by atoms with E-state index < -0.39 is 0 Å². The zero-order valence-electron chi connectivity index (χ0n) is 7.68. The van der Waals surface area contributed by atoms with Gasteiger partial charge in [-0.15, -0.1) is 5.10 Å². The van der Waals surface area contributed by atoms with E-state index in [2.05, 4.69) is 28.5 Å². The van der Waals surface area contributed by atoms with Crippen LogP contribution in [0.4, 0.5) is 0 Å². The summed E-state index contributed by atoms with van der Waals surface area (Å²) in [6, 6.07) is 10.1. The van der Waals surface area contributed by atoms with Crippen molar-refractivity contribution >= 4 is 16.6 Å². The van der Waals surface area contributed by atoms with Crippen LogP contribution < -0.4 is 0 Å². The minimum atomic E-state index is 0.793. The normalized spacial score (nSPS) is 11.2. The van der Waals surface area contributed by atoms with Crippen LogP contribution in [0.15, 0.2) is 30.3 Å². The van der Waals surface area contributed by atoms with Crippen LogP contribution in [0.3, 0.4) is 0 Å². The number of aryl methyl sites for hydroxylation is 1. The highest BCUT2D eigenvalue weighted by Crippen LogP contribution is 2.18. The van der Waals surface area contributed by atoms with Crippen LogP contribution in [0, 0.1) is 6.92 Å². The van der Waals surface area contributed by atoms with Gasteiger partial charge in [0.15, 0.2) is 5.65 Å². The summed E-state index contributed by atoms with van der Waals surface area (Å²) in [5, 5.41) is 12.7. The lowest BCUT2D eigenvalue weighted by atomic mass is 10.1. The molecular formula is C10H8N4. The largest absolute Gasteiger partial charge is 0.193 e. The van der Waals surface area contributed by atoms with Crippen molar-refractivity contribution in [2.24, 2.45) is 0 Å². The first-order chi connectivity index (χ1) is 6.86. The van der Waals surface area contributed by atoms with E-state index in [1.165, 1.54) is 10.9 Å². The molecule has 0 atom stereocenters. The molecule has 14 heavy (non-hydrogen) atoms. The lowest BCUT2D eigenvalue weighted by Gasteiger charge is -2.02. The molecule has 68 valence electrons. The molecule has 0 aliphatic rings. The Morgan fingerprint density at radius 3 is 3.00 bits per heavy atom. The van der Waals surface area contributed by atoms with Crippen LogP contribution in [0.2, 0.25) is 0 Å². The van der Waals surface area contributed by atoms with Crippen molar-refractivity contribution in [3.63, 3.8) is 0 Å². The standard InChI is InChI=1S/C10H8N4/c1-7-6-10-11-12-13-14(10)9-5-3-2-4-8(7)9/h2-6H,1H3. The van der Waals surface area contributed by atoms with E-state index in [-0.39, 0.29) is 0 Å². The number of pyridine rings is 1. The summed E-state index contributed by atoms with van der Waals surface area (Å²) in [5.74, 6) is 0. The lowest BCUT2D eigenvalue weighted by Crippen LogP contribution is -1.92. The van der Waals surface area contributed by atoms with Gasteiger partial charge >= 0.3 is 0 Å². The summed E-state index contributed by atoms with van der Waals surface area (Å²) in [7, 11) is 0. The van der Waals surface area contributed by atoms with Gasteiger partial charge in [-0.2, -0.15) is 4.52 Å². The van der Waals surface area contributed by atoms with Gasteiger partial charge in [-0.05, 0) is 35.0 Å². The molecule has 3 aromatic rings. The Morgan fingerprint density at radius 2 is 2.07 bits per heavy atom. The third kappa shape index (κ3) is 0.849. The van der Waals surface area contributed by atoms with Crippen LogP contribution in [0.25, 0.3) is 16.6 Å². The van der Waals surface area contributed by atoms with E-state index in [1.54, 1.807) is 4.52 Å². The maximum absolute atomic E-state index is 3.94. The molecule has 0 spiro atoms. The fourth-order valence-corrected chi connectivity index (χ4v) is 1.72. The van der Waals surface area contributed by atoms with Gasteiger partial charge < -0.3 is 0 Å². The predicted molar refractivity (Wildman–Crippen MR) is 53.0 cm³/mol. The molecule has 0 aliphatic carbocycles. The van der Waals surface area contributed by atoms with Crippen molar-refractivity contribution in [3.05, 3.63) is 35.9 Å². The zero-order chi connectivity index (χ0) is 9.54. The third-order valence-corrected chi connectivity index (χ3v) is 2.40. The van der Waals surface area contributed by atoms with Gasteiger partial charge in [0, 0.05) is 5.39 Å². The quantitative estimate of drug-likeness (QED) is 0.532. The van der Waals surface area contributed by atoms with E-state index in [0.29, 0.717) is 0 Å². The SMILES string of the molecule is Cc1cc2nnnn2c2ccccc12. The molecule has 1 aromatic carbocycles. The Hall–Kier alpha value is -1.97.